The molecule has 26 heavy (non-hydrogen) atoms. The highest BCUT2D eigenvalue weighted by atomic mass is 19.1. The summed E-state index contributed by atoms with van der Waals surface area (Å²) < 4.78 is 16.1. The zero-order valence-corrected chi connectivity index (χ0v) is 13.7. The molecule has 7 heteroatoms. The number of halogens is 1. The van der Waals surface area contributed by atoms with Gasteiger partial charge in [-0.2, -0.15) is 5.10 Å². The van der Waals surface area contributed by atoms with E-state index in [1.807, 2.05) is 29.7 Å². The van der Waals surface area contributed by atoms with Crippen LogP contribution in [0.5, 0.6) is 0 Å². The Labute approximate surface area is 148 Å². The molecule has 0 bridgehead atoms. The van der Waals surface area contributed by atoms with Crippen LogP contribution in [0.1, 0.15) is 22.3 Å². The molecule has 2 aromatic carbocycles. The molecule has 0 saturated heterocycles. The van der Waals surface area contributed by atoms with Crippen molar-refractivity contribution in [2.75, 3.05) is 0 Å². The van der Waals surface area contributed by atoms with Gasteiger partial charge in [-0.25, -0.2) is 14.9 Å². The molecule has 0 aliphatic heterocycles. The van der Waals surface area contributed by atoms with E-state index in [1.54, 1.807) is 36.5 Å². The maximum atomic E-state index is 15.1. The van der Waals surface area contributed by atoms with E-state index in [-0.39, 0.29) is 5.69 Å². The van der Waals surface area contributed by atoms with Crippen molar-refractivity contribution in [3.05, 3.63) is 78.1 Å². The van der Waals surface area contributed by atoms with Gasteiger partial charge in [0.15, 0.2) is 0 Å². The van der Waals surface area contributed by atoms with Crippen LogP contribution in [0.3, 0.4) is 0 Å². The van der Waals surface area contributed by atoms with Gasteiger partial charge in [-0.3, -0.25) is 10.2 Å². The number of aromatic nitrogens is 3. The number of alkyl halides is 1. The number of hydrogen-bond donors (Lipinski definition) is 3. The minimum atomic E-state index is -1.61. The molecule has 0 spiro atoms. The Bertz CT molecular complexity index is 1070. The fourth-order valence-corrected chi connectivity index (χ4v) is 2.98. The van der Waals surface area contributed by atoms with E-state index in [0.29, 0.717) is 11.3 Å². The lowest BCUT2D eigenvalue weighted by atomic mass is 10.1. The second-order valence-electron chi connectivity index (χ2n) is 5.83. The number of nitrogens with zero attached hydrogens (tertiary/aromatic N) is 2. The zero-order chi connectivity index (χ0) is 18.1. The first-order valence-electron chi connectivity index (χ1n) is 8.05. The van der Waals surface area contributed by atoms with Crippen molar-refractivity contribution in [3.63, 3.8) is 0 Å². The smallest absolute Gasteiger partial charge is 0.283 e. The molecule has 2 heterocycles. The molecular weight excluding hydrogens is 333 g/mol. The number of fused-ring (bicyclic) bond motifs is 1. The van der Waals surface area contributed by atoms with Crippen molar-refractivity contribution >= 4 is 16.8 Å². The predicted molar refractivity (Wildman–Crippen MR) is 96.9 cm³/mol. The highest BCUT2D eigenvalue weighted by Crippen LogP contribution is 2.30. The molecule has 1 atom stereocenters. The van der Waals surface area contributed by atoms with Gasteiger partial charge in [-0.15, -0.1) is 0 Å². The molecular formula is C19H16FN5O. The van der Waals surface area contributed by atoms with Gasteiger partial charge in [0.25, 0.3) is 5.91 Å². The number of para-hydroxylation sites is 1. The van der Waals surface area contributed by atoms with Gasteiger partial charge in [0, 0.05) is 28.2 Å². The van der Waals surface area contributed by atoms with Crippen LogP contribution < -0.4 is 11.3 Å². The number of H-pyrrole nitrogens is 1. The van der Waals surface area contributed by atoms with Gasteiger partial charge in [0.05, 0.1) is 5.69 Å². The number of nitrogens with two attached hydrogens (primary N) is 1. The number of aromatic amines is 1. The minimum absolute atomic E-state index is 0.0455. The van der Waals surface area contributed by atoms with Gasteiger partial charge < -0.3 is 4.98 Å². The molecule has 6 nitrogen and oxygen atoms in total. The van der Waals surface area contributed by atoms with Crippen molar-refractivity contribution in [1.29, 1.82) is 0 Å². The van der Waals surface area contributed by atoms with Crippen LogP contribution >= 0.6 is 0 Å². The van der Waals surface area contributed by atoms with E-state index < -0.39 is 12.2 Å². The summed E-state index contributed by atoms with van der Waals surface area (Å²) in [5.74, 6) is 4.65. The lowest BCUT2D eigenvalue weighted by molar-refractivity contribution is 0.0933. The van der Waals surface area contributed by atoms with Crippen LogP contribution in [0.4, 0.5) is 4.39 Å². The first-order chi connectivity index (χ1) is 12.7. The van der Waals surface area contributed by atoms with Crippen molar-refractivity contribution in [3.8, 4) is 11.3 Å². The van der Waals surface area contributed by atoms with Crippen molar-refractivity contribution in [1.82, 2.24) is 20.2 Å². The van der Waals surface area contributed by atoms with Crippen LogP contribution in [0.15, 0.2) is 66.9 Å². The van der Waals surface area contributed by atoms with Gasteiger partial charge in [0.2, 0.25) is 6.30 Å². The molecule has 4 aromatic rings. The van der Waals surface area contributed by atoms with Crippen molar-refractivity contribution < 1.29 is 9.18 Å². The van der Waals surface area contributed by atoms with Crippen LogP contribution in [0.25, 0.3) is 22.2 Å². The molecule has 1 unspecified atom stereocenters. The number of nitrogens with one attached hydrogen (secondary N) is 2. The van der Waals surface area contributed by atoms with E-state index in [4.69, 9.17) is 5.84 Å². The van der Waals surface area contributed by atoms with E-state index >= 15 is 4.39 Å². The third-order valence-corrected chi connectivity index (χ3v) is 4.25. The number of hydrogen-bond acceptors (Lipinski definition) is 3. The summed E-state index contributed by atoms with van der Waals surface area (Å²) in [6.07, 6.45) is 0.180. The zero-order valence-electron chi connectivity index (χ0n) is 13.7. The Balaban J connectivity index is 1.85. The molecule has 4 rings (SSSR count). The monoisotopic (exact) mass is 349 g/mol. The first kappa shape index (κ1) is 16.0. The van der Waals surface area contributed by atoms with E-state index in [1.165, 1.54) is 6.07 Å². The van der Waals surface area contributed by atoms with E-state index in [9.17, 15) is 4.79 Å². The summed E-state index contributed by atoms with van der Waals surface area (Å²) in [7, 11) is 0. The summed E-state index contributed by atoms with van der Waals surface area (Å²) in [6.45, 7) is 0. The highest BCUT2D eigenvalue weighted by molar-refractivity contribution is 5.97. The number of carbonyl (C=O) groups is 1. The predicted octanol–water partition coefficient (Wildman–Crippen LogP) is 3.15. The molecule has 130 valence electrons. The highest BCUT2D eigenvalue weighted by Gasteiger charge is 2.23. The molecule has 0 aliphatic carbocycles. The quantitative estimate of drug-likeness (QED) is 0.300. The maximum Gasteiger partial charge on any atom is 0.283 e. The number of rotatable bonds is 4. The van der Waals surface area contributed by atoms with Crippen LogP contribution in [-0.4, -0.2) is 20.7 Å². The second kappa shape index (κ2) is 6.45. The molecule has 0 fully saturated rings. The number of carbonyl (C=O) groups excluding carboxylic acids is 1. The Morgan fingerprint density at radius 3 is 2.65 bits per heavy atom. The summed E-state index contributed by atoms with van der Waals surface area (Å²) >= 11 is 0. The minimum Gasteiger partial charge on any atom is -0.360 e. The molecule has 0 radical (unpaired) electrons. The van der Waals surface area contributed by atoms with Crippen molar-refractivity contribution in [2.45, 2.75) is 6.30 Å². The lowest BCUT2D eigenvalue weighted by Crippen LogP contribution is -2.32. The Kier molecular flexibility index (Phi) is 3.98. The molecule has 2 aromatic heterocycles. The standard InChI is InChI=1S/C19H16FN5O/c20-18(12-6-2-1-3-7-12)25-17(19(26)23-21)10-16(24-25)14-11-22-15-9-5-4-8-13(14)15/h1-11,18,22H,21H2,(H,23,26). The first-order valence-corrected chi connectivity index (χ1v) is 8.05. The summed E-state index contributed by atoms with van der Waals surface area (Å²) in [5.41, 5.74) is 4.69. The molecule has 0 aliphatic rings. The van der Waals surface area contributed by atoms with Gasteiger partial charge >= 0.3 is 0 Å². The SMILES string of the molecule is NNC(=O)c1cc(-c2c[nH]c3ccccc23)nn1C(F)c1ccccc1. The number of benzene rings is 2. The number of hydrazine groups is 1. The van der Waals surface area contributed by atoms with Gasteiger partial charge in [-0.05, 0) is 12.1 Å². The Morgan fingerprint density at radius 1 is 1.15 bits per heavy atom. The van der Waals surface area contributed by atoms with Crippen LogP contribution in [-0.2, 0) is 0 Å². The summed E-state index contributed by atoms with van der Waals surface area (Å²) in [4.78, 5) is 15.3. The topological polar surface area (TPSA) is 88.7 Å². The maximum absolute atomic E-state index is 15.1. The number of amides is 1. The normalized spacial score (nSPS) is 12.2. The van der Waals surface area contributed by atoms with Gasteiger partial charge in [-0.1, -0.05) is 48.5 Å². The summed E-state index contributed by atoms with van der Waals surface area (Å²) in [5, 5.41) is 5.29. The van der Waals surface area contributed by atoms with Gasteiger partial charge in [0.1, 0.15) is 5.69 Å². The average Bonchev–Trinajstić information content (AvgIpc) is 3.31. The fraction of sp³-hybridized carbons (Fsp3) is 0.0526. The van der Waals surface area contributed by atoms with E-state index in [2.05, 4.69) is 10.1 Å². The third kappa shape index (κ3) is 2.64. The van der Waals surface area contributed by atoms with Crippen LogP contribution in [0.2, 0.25) is 0 Å². The third-order valence-electron chi connectivity index (χ3n) is 4.25. The molecule has 4 N–H and O–H groups in total. The fourth-order valence-electron chi connectivity index (χ4n) is 2.98. The molecule has 0 saturated carbocycles. The number of nitrogen functional groups attached to an aromatic ring is 1. The summed E-state index contributed by atoms with van der Waals surface area (Å²) in [6, 6.07) is 17.8. The Morgan fingerprint density at radius 2 is 1.88 bits per heavy atom. The second-order valence-corrected chi connectivity index (χ2v) is 5.83. The average molecular weight is 349 g/mol. The Hall–Kier alpha value is -3.45. The largest absolute Gasteiger partial charge is 0.360 e. The van der Waals surface area contributed by atoms with Crippen LogP contribution in [0, 0.1) is 0 Å². The molecule has 1 amide bonds. The van der Waals surface area contributed by atoms with E-state index in [0.717, 1.165) is 21.1 Å². The lowest BCUT2D eigenvalue weighted by Gasteiger charge is -2.11. The van der Waals surface area contributed by atoms with Crippen molar-refractivity contribution in [2.24, 2.45) is 5.84 Å².